The molecule has 2 aromatic heterocycles. The van der Waals surface area contributed by atoms with E-state index in [4.69, 9.17) is 0 Å². The van der Waals surface area contributed by atoms with Gasteiger partial charge in [0.25, 0.3) is 0 Å². The maximum atomic E-state index is 11.4. The van der Waals surface area contributed by atoms with Crippen molar-refractivity contribution in [3.05, 3.63) is 42.5 Å². The minimum atomic E-state index is -0.352. The quantitative estimate of drug-likeness (QED) is 0.756. The Morgan fingerprint density at radius 1 is 1.47 bits per heavy atom. The molecule has 0 spiro atoms. The van der Waals surface area contributed by atoms with Gasteiger partial charge in [-0.25, -0.2) is 4.79 Å². The predicted molar refractivity (Wildman–Crippen MR) is 55.4 cm³/mol. The van der Waals surface area contributed by atoms with Gasteiger partial charge in [0.15, 0.2) is 0 Å². The molecule has 76 valence electrons. The van der Waals surface area contributed by atoms with Crippen LogP contribution in [0.1, 0.15) is 10.4 Å². The third-order valence-electron chi connectivity index (χ3n) is 2.12. The summed E-state index contributed by atoms with van der Waals surface area (Å²) in [5, 5.41) is 0. The predicted octanol–water partition coefficient (Wildman–Crippen LogP) is 1.86. The molecule has 4 nitrogen and oxygen atoms in total. The Morgan fingerprint density at radius 2 is 2.33 bits per heavy atom. The summed E-state index contributed by atoms with van der Waals surface area (Å²) >= 11 is 0. The van der Waals surface area contributed by atoms with Gasteiger partial charge in [-0.1, -0.05) is 6.07 Å². The molecule has 0 saturated heterocycles. The molecule has 2 heterocycles. The summed E-state index contributed by atoms with van der Waals surface area (Å²) in [6.45, 7) is 0. The lowest BCUT2D eigenvalue weighted by molar-refractivity contribution is 0.0602. The number of ether oxygens (including phenoxy) is 1. The van der Waals surface area contributed by atoms with Gasteiger partial charge < -0.3 is 9.72 Å². The minimum absolute atomic E-state index is 0.352. The van der Waals surface area contributed by atoms with Crippen LogP contribution in [0.25, 0.3) is 11.1 Å². The topological polar surface area (TPSA) is 55.0 Å². The summed E-state index contributed by atoms with van der Waals surface area (Å²) in [6.07, 6.45) is 6.76. The number of nitrogens with zero attached hydrogens (tertiary/aromatic N) is 1. The summed E-state index contributed by atoms with van der Waals surface area (Å²) in [6, 6.07) is 3.71. The summed E-state index contributed by atoms with van der Waals surface area (Å²) in [5.41, 5.74) is 2.21. The van der Waals surface area contributed by atoms with Crippen molar-refractivity contribution in [2.24, 2.45) is 0 Å². The number of nitrogens with one attached hydrogen (secondary N) is 1. The van der Waals surface area contributed by atoms with Gasteiger partial charge in [0, 0.05) is 35.9 Å². The van der Waals surface area contributed by atoms with E-state index in [1.54, 1.807) is 24.8 Å². The zero-order chi connectivity index (χ0) is 10.7. The molecule has 0 aromatic carbocycles. The molecule has 0 aliphatic heterocycles. The number of aromatic nitrogens is 2. The number of carbonyl (C=O) groups is 1. The highest BCUT2D eigenvalue weighted by atomic mass is 16.5. The van der Waals surface area contributed by atoms with Crippen LogP contribution in [0.15, 0.2) is 36.9 Å². The third-order valence-corrected chi connectivity index (χ3v) is 2.12. The molecule has 1 N–H and O–H groups in total. The largest absolute Gasteiger partial charge is 0.465 e. The Hall–Kier alpha value is -2.10. The molecule has 0 atom stereocenters. The van der Waals surface area contributed by atoms with Gasteiger partial charge in [-0.2, -0.15) is 0 Å². The van der Waals surface area contributed by atoms with Gasteiger partial charge in [-0.15, -0.1) is 0 Å². The van der Waals surface area contributed by atoms with E-state index < -0.39 is 0 Å². The first-order chi connectivity index (χ1) is 7.33. The fourth-order valence-corrected chi connectivity index (χ4v) is 1.40. The number of aromatic amines is 1. The standard InChI is InChI=1S/C11H10N2O2/c1-15-11(14)10-7-13-6-9(10)8-3-2-4-12-5-8/h2-7,13H,1H3. The van der Waals surface area contributed by atoms with Crippen LogP contribution >= 0.6 is 0 Å². The number of hydrogen-bond acceptors (Lipinski definition) is 3. The number of esters is 1. The number of carbonyl (C=O) groups excluding carboxylic acids is 1. The zero-order valence-corrected chi connectivity index (χ0v) is 8.23. The highest BCUT2D eigenvalue weighted by molar-refractivity contribution is 5.96. The fraction of sp³-hybridized carbons (Fsp3) is 0.0909. The van der Waals surface area contributed by atoms with Crippen molar-refractivity contribution in [2.45, 2.75) is 0 Å². The van der Waals surface area contributed by atoms with Gasteiger partial charge in [0.1, 0.15) is 0 Å². The fourth-order valence-electron chi connectivity index (χ4n) is 1.40. The van der Waals surface area contributed by atoms with Crippen molar-refractivity contribution in [2.75, 3.05) is 7.11 Å². The Balaban J connectivity index is 2.46. The molecular weight excluding hydrogens is 192 g/mol. The molecule has 0 amide bonds. The van der Waals surface area contributed by atoms with Crippen LogP contribution in [0.4, 0.5) is 0 Å². The van der Waals surface area contributed by atoms with E-state index in [2.05, 4.69) is 14.7 Å². The molecule has 2 aromatic rings. The van der Waals surface area contributed by atoms with Crippen molar-refractivity contribution in [3.63, 3.8) is 0 Å². The first-order valence-corrected chi connectivity index (χ1v) is 4.48. The van der Waals surface area contributed by atoms with E-state index in [1.807, 2.05) is 12.1 Å². The molecule has 0 saturated carbocycles. The van der Waals surface area contributed by atoms with Crippen molar-refractivity contribution < 1.29 is 9.53 Å². The monoisotopic (exact) mass is 202 g/mol. The zero-order valence-electron chi connectivity index (χ0n) is 8.23. The van der Waals surface area contributed by atoms with Crippen molar-refractivity contribution in [3.8, 4) is 11.1 Å². The average molecular weight is 202 g/mol. The number of hydrogen-bond donors (Lipinski definition) is 1. The number of pyridine rings is 1. The van der Waals surface area contributed by atoms with Crippen molar-refractivity contribution >= 4 is 5.97 Å². The highest BCUT2D eigenvalue weighted by Gasteiger charge is 2.13. The van der Waals surface area contributed by atoms with Gasteiger partial charge >= 0.3 is 5.97 Å². The summed E-state index contributed by atoms with van der Waals surface area (Å²) < 4.78 is 4.68. The lowest BCUT2D eigenvalue weighted by Crippen LogP contribution is -2.00. The molecular formula is C11H10N2O2. The van der Waals surface area contributed by atoms with E-state index in [9.17, 15) is 4.79 Å². The molecule has 15 heavy (non-hydrogen) atoms. The van der Waals surface area contributed by atoms with Crippen LogP contribution in [0.2, 0.25) is 0 Å². The second-order valence-corrected chi connectivity index (χ2v) is 3.02. The van der Waals surface area contributed by atoms with Crippen LogP contribution < -0.4 is 0 Å². The van der Waals surface area contributed by atoms with Crippen LogP contribution in [0.3, 0.4) is 0 Å². The average Bonchev–Trinajstić information content (AvgIpc) is 2.78. The molecule has 0 unspecified atom stereocenters. The van der Waals surface area contributed by atoms with Gasteiger partial charge in [-0.05, 0) is 6.07 Å². The van der Waals surface area contributed by atoms with Crippen molar-refractivity contribution in [1.82, 2.24) is 9.97 Å². The summed E-state index contributed by atoms with van der Waals surface area (Å²) in [7, 11) is 1.36. The molecule has 0 aliphatic carbocycles. The number of H-pyrrole nitrogens is 1. The molecule has 0 radical (unpaired) electrons. The minimum Gasteiger partial charge on any atom is -0.465 e. The molecule has 2 rings (SSSR count). The normalized spacial score (nSPS) is 9.93. The number of methoxy groups -OCH3 is 1. The summed E-state index contributed by atoms with van der Waals surface area (Å²) in [4.78, 5) is 18.3. The molecule has 0 fully saturated rings. The summed E-state index contributed by atoms with van der Waals surface area (Å²) in [5.74, 6) is -0.352. The van der Waals surface area contributed by atoms with Crippen LogP contribution in [0.5, 0.6) is 0 Å². The maximum Gasteiger partial charge on any atom is 0.340 e. The lowest BCUT2D eigenvalue weighted by Gasteiger charge is -2.01. The maximum absolute atomic E-state index is 11.4. The van der Waals surface area contributed by atoms with Gasteiger partial charge in [0.05, 0.1) is 12.7 Å². The smallest absolute Gasteiger partial charge is 0.340 e. The Kier molecular flexibility index (Phi) is 2.49. The molecule has 4 heteroatoms. The van der Waals surface area contributed by atoms with Crippen LogP contribution in [-0.4, -0.2) is 23.0 Å². The van der Waals surface area contributed by atoms with E-state index in [0.717, 1.165) is 11.1 Å². The van der Waals surface area contributed by atoms with E-state index in [-0.39, 0.29) is 5.97 Å². The highest BCUT2D eigenvalue weighted by Crippen LogP contribution is 2.22. The molecule has 0 bridgehead atoms. The molecule has 0 aliphatic rings. The van der Waals surface area contributed by atoms with E-state index in [1.165, 1.54) is 7.11 Å². The Labute approximate surface area is 86.9 Å². The van der Waals surface area contributed by atoms with Crippen LogP contribution in [0, 0.1) is 0 Å². The van der Waals surface area contributed by atoms with Crippen LogP contribution in [-0.2, 0) is 4.74 Å². The second-order valence-electron chi connectivity index (χ2n) is 3.02. The van der Waals surface area contributed by atoms with E-state index >= 15 is 0 Å². The Bertz CT molecular complexity index is 462. The second kappa shape index (κ2) is 3.96. The first-order valence-electron chi connectivity index (χ1n) is 4.48. The number of rotatable bonds is 2. The van der Waals surface area contributed by atoms with Gasteiger partial charge in [-0.3, -0.25) is 4.98 Å². The Morgan fingerprint density at radius 3 is 3.00 bits per heavy atom. The van der Waals surface area contributed by atoms with E-state index in [0.29, 0.717) is 5.56 Å². The van der Waals surface area contributed by atoms with Crippen molar-refractivity contribution in [1.29, 1.82) is 0 Å². The third kappa shape index (κ3) is 1.74. The SMILES string of the molecule is COC(=O)c1c[nH]cc1-c1cccnc1. The van der Waals surface area contributed by atoms with Gasteiger partial charge in [0.2, 0.25) is 0 Å². The first kappa shape index (κ1) is 9.45. The lowest BCUT2D eigenvalue weighted by atomic mass is 10.1.